The fourth-order valence-electron chi connectivity index (χ4n) is 6.51. The first kappa shape index (κ1) is 25.2. The van der Waals surface area contributed by atoms with Gasteiger partial charge in [-0.2, -0.15) is 0 Å². The number of carbonyl (C=O) groups excluding carboxylic acids is 4. The third-order valence-electron chi connectivity index (χ3n) is 8.25. The zero-order valence-electron chi connectivity index (χ0n) is 21.0. The number of allylic oxidation sites excluding steroid dienone is 6. The first-order valence-corrected chi connectivity index (χ1v) is 13.4. The van der Waals surface area contributed by atoms with Crippen LogP contribution in [0.4, 0.5) is 5.69 Å². The molecule has 196 valence electrons. The minimum Gasteiger partial charge on any atom is -0.508 e. The van der Waals surface area contributed by atoms with Crippen LogP contribution >= 0.6 is 15.9 Å². The number of hydrogen-bond acceptors (Lipinski definition) is 6. The fourth-order valence-corrected chi connectivity index (χ4v) is 6.96. The molecule has 1 saturated heterocycles. The third kappa shape index (κ3) is 3.77. The van der Waals surface area contributed by atoms with E-state index in [4.69, 9.17) is 4.74 Å². The summed E-state index contributed by atoms with van der Waals surface area (Å²) >= 11 is 3.24. The van der Waals surface area contributed by atoms with Gasteiger partial charge in [0.2, 0.25) is 11.8 Å². The van der Waals surface area contributed by atoms with Gasteiger partial charge in [0.1, 0.15) is 11.5 Å². The van der Waals surface area contributed by atoms with Gasteiger partial charge in [-0.15, -0.1) is 0 Å². The molecule has 1 heterocycles. The SMILES string of the molecule is C=Cc1ccc(N2C(=O)[C@H]3[C@H](CC=C4[C@H](c5ccc(O)cc5OC)C5=C(C[C@H]43)C(=O)C(Br)=CC5=O)C2=O)cc1. The first-order valence-electron chi connectivity index (χ1n) is 12.6. The van der Waals surface area contributed by atoms with Gasteiger partial charge in [0.25, 0.3) is 0 Å². The lowest BCUT2D eigenvalue weighted by Gasteiger charge is -2.42. The number of hydrogen-bond donors (Lipinski definition) is 1. The number of anilines is 1. The molecule has 1 fully saturated rings. The van der Waals surface area contributed by atoms with E-state index in [2.05, 4.69) is 22.5 Å². The molecule has 0 bridgehead atoms. The van der Waals surface area contributed by atoms with Crippen LogP contribution in [0.15, 0.2) is 82.4 Å². The molecule has 4 atom stereocenters. The van der Waals surface area contributed by atoms with Crippen LogP contribution in [0, 0.1) is 17.8 Å². The Balaban J connectivity index is 1.49. The molecule has 6 rings (SSSR count). The molecule has 0 unspecified atom stereocenters. The van der Waals surface area contributed by atoms with Crippen molar-refractivity contribution in [3.8, 4) is 11.5 Å². The van der Waals surface area contributed by atoms with Gasteiger partial charge >= 0.3 is 0 Å². The zero-order chi connectivity index (χ0) is 27.6. The first-order chi connectivity index (χ1) is 18.7. The summed E-state index contributed by atoms with van der Waals surface area (Å²) in [6.07, 6.45) is 5.44. The van der Waals surface area contributed by atoms with Crippen LogP contribution in [-0.4, -0.2) is 35.6 Å². The lowest BCUT2D eigenvalue weighted by molar-refractivity contribution is -0.123. The number of rotatable bonds is 4. The lowest BCUT2D eigenvalue weighted by atomic mass is 9.59. The number of phenolic OH excluding ortho intramolecular Hbond substituents is 1. The minimum atomic E-state index is -0.677. The van der Waals surface area contributed by atoms with E-state index >= 15 is 0 Å². The van der Waals surface area contributed by atoms with E-state index in [1.54, 1.807) is 36.4 Å². The molecule has 2 amide bonds. The normalized spacial score (nSPS) is 26.1. The molecule has 2 aromatic carbocycles. The molecule has 8 heteroatoms. The van der Waals surface area contributed by atoms with Crippen molar-refractivity contribution >= 4 is 51.1 Å². The molecule has 1 N–H and O–H groups in total. The quantitative estimate of drug-likeness (QED) is 0.307. The maximum atomic E-state index is 14.0. The van der Waals surface area contributed by atoms with Crippen molar-refractivity contribution < 1.29 is 29.0 Å². The molecule has 0 radical (unpaired) electrons. The van der Waals surface area contributed by atoms with Crippen molar-refractivity contribution in [3.63, 3.8) is 0 Å². The Morgan fingerprint density at radius 2 is 1.79 bits per heavy atom. The highest BCUT2D eigenvalue weighted by Crippen LogP contribution is 2.56. The van der Waals surface area contributed by atoms with Crippen LogP contribution in [0.25, 0.3) is 6.08 Å². The van der Waals surface area contributed by atoms with Crippen molar-refractivity contribution in [1.82, 2.24) is 0 Å². The second-order valence-corrected chi connectivity index (χ2v) is 11.0. The number of imide groups is 1. The number of ketones is 2. The van der Waals surface area contributed by atoms with Gasteiger partial charge in [-0.1, -0.05) is 42.5 Å². The van der Waals surface area contributed by atoms with E-state index < -0.39 is 23.7 Å². The van der Waals surface area contributed by atoms with Gasteiger partial charge in [0.05, 0.1) is 29.1 Å². The number of carbonyl (C=O) groups is 4. The van der Waals surface area contributed by atoms with Crippen molar-refractivity contribution in [3.05, 3.63) is 93.5 Å². The summed E-state index contributed by atoms with van der Waals surface area (Å²) in [6.45, 7) is 3.75. The Hall–Kier alpha value is -4.04. The van der Waals surface area contributed by atoms with Crippen LogP contribution in [0.2, 0.25) is 0 Å². The van der Waals surface area contributed by atoms with Crippen LogP contribution in [0.1, 0.15) is 29.9 Å². The van der Waals surface area contributed by atoms with Crippen molar-refractivity contribution in [2.24, 2.45) is 17.8 Å². The highest BCUT2D eigenvalue weighted by Gasteiger charge is 2.56. The number of ether oxygens (including phenoxy) is 1. The third-order valence-corrected chi connectivity index (χ3v) is 8.84. The van der Waals surface area contributed by atoms with E-state index in [1.165, 1.54) is 30.2 Å². The molecular weight excluding hydrogens is 562 g/mol. The van der Waals surface area contributed by atoms with Gasteiger partial charge in [-0.3, -0.25) is 24.1 Å². The molecule has 7 nitrogen and oxygen atoms in total. The van der Waals surface area contributed by atoms with Gasteiger partial charge in [-0.25, -0.2) is 0 Å². The van der Waals surface area contributed by atoms with Crippen LogP contribution < -0.4 is 9.64 Å². The van der Waals surface area contributed by atoms with E-state index in [-0.39, 0.29) is 40.0 Å². The molecule has 0 spiro atoms. The Morgan fingerprint density at radius 3 is 2.49 bits per heavy atom. The second kappa shape index (κ2) is 9.31. The highest BCUT2D eigenvalue weighted by molar-refractivity contribution is 9.12. The van der Waals surface area contributed by atoms with Crippen LogP contribution in [-0.2, 0) is 19.2 Å². The Morgan fingerprint density at radius 1 is 1.05 bits per heavy atom. The number of aromatic hydroxyl groups is 1. The molecule has 2 aromatic rings. The molecule has 0 saturated carbocycles. The fraction of sp³-hybridized carbons (Fsp3) is 0.226. The molecule has 3 aliphatic carbocycles. The maximum absolute atomic E-state index is 14.0. The van der Waals surface area contributed by atoms with E-state index in [0.29, 0.717) is 34.6 Å². The maximum Gasteiger partial charge on any atom is 0.238 e. The number of amides is 2. The summed E-state index contributed by atoms with van der Waals surface area (Å²) in [5, 5.41) is 10.1. The van der Waals surface area contributed by atoms with Crippen LogP contribution in [0.3, 0.4) is 0 Å². The van der Waals surface area contributed by atoms with Crippen molar-refractivity contribution in [1.29, 1.82) is 0 Å². The Kier molecular flexibility index (Phi) is 6.03. The van der Waals surface area contributed by atoms with Gasteiger partial charge in [0, 0.05) is 34.8 Å². The van der Waals surface area contributed by atoms with Crippen molar-refractivity contribution in [2.45, 2.75) is 18.8 Å². The Bertz CT molecular complexity index is 1580. The Labute approximate surface area is 233 Å². The summed E-state index contributed by atoms with van der Waals surface area (Å²) in [5.41, 5.74) is 3.48. The van der Waals surface area contributed by atoms with E-state index in [9.17, 15) is 24.3 Å². The molecule has 0 aromatic heterocycles. The molecule has 1 aliphatic heterocycles. The summed E-state index contributed by atoms with van der Waals surface area (Å²) in [7, 11) is 1.47. The highest BCUT2D eigenvalue weighted by atomic mass is 79.9. The van der Waals surface area contributed by atoms with Gasteiger partial charge in [0.15, 0.2) is 11.6 Å². The largest absolute Gasteiger partial charge is 0.508 e. The van der Waals surface area contributed by atoms with Crippen LogP contribution in [0.5, 0.6) is 11.5 Å². The smallest absolute Gasteiger partial charge is 0.238 e. The predicted octanol–water partition coefficient (Wildman–Crippen LogP) is 5.01. The zero-order valence-corrected chi connectivity index (χ0v) is 22.6. The number of benzene rings is 2. The molecule has 4 aliphatic rings. The second-order valence-electron chi connectivity index (χ2n) is 10.1. The predicted molar refractivity (Wildman–Crippen MR) is 148 cm³/mol. The van der Waals surface area contributed by atoms with E-state index in [1.807, 2.05) is 6.08 Å². The van der Waals surface area contributed by atoms with Crippen molar-refractivity contribution in [2.75, 3.05) is 12.0 Å². The summed E-state index contributed by atoms with van der Waals surface area (Å²) in [6, 6.07) is 11.7. The number of halogens is 1. The number of methoxy groups -OCH3 is 1. The van der Waals surface area contributed by atoms with Gasteiger partial charge < -0.3 is 9.84 Å². The lowest BCUT2D eigenvalue weighted by Crippen LogP contribution is -2.39. The standard InChI is InChI=1S/C31H24BrNO6/c1-3-15-4-6-16(7-5-15)33-30(37)20-11-10-18-21(27(20)31(33)38)13-22-28(24(35)14-23(32)29(22)36)26(18)19-9-8-17(34)12-25(19)39-2/h3-10,12,14,20-21,26-27,34H,1,11,13H2,2H3/t20-,21+,26+,27-/m0/s1. The average Bonchev–Trinajstić information content (AvgIpc) is 3.20. The minimum absolute atomic E-state index is 0.00165. The number of nitrogens with zero attached hydrogens (tertiary/aromatic N) is 1. The average molecular weight is 586 g/mol. The number of fused-ring (bicyclic) bond motifs is 3. The van der Waals surface area contributed by atoms with E-state index in [0.717, 1.165) is 11.1 Å². The van der Waals surface area contributed by atoms with Gasteiger partial charge in [-0.05, 0) is 58.5 Å². The summed E-state index contributed by atoms with van der Waals surface area (Å²) < 4.78 is 5.74. The molecular formula is C31H24BrNO6. The molecule has 39 heavy (non-hydrogen) atoms. The summed E-state index contributed by atoms with van der Waals surface area (Å²) in [4.78, 5) is 55.5. The monoisotopic (exact) mass is 585 g/mol. The number of Topliss-reactive ketones (excluding diaryl/α,β-unsaturated/α-hetero) is 1. The topological polar surface area (TPSA) is 101 Å². The summed E-state index contributed by atoms with van der Waals surface area (Å²) in [5.74, 6) is -3.18. The number of phenols is 1.